The molecular formula is C30H27NO. The first-order chi connectivity index (χ1) is 15.6. The highest BCUT2D eigenvalue weighted by atomic mass is 16.5. The van der Waals surface area contributed by atoms with Crippen molar-refractivity contribution in [1.29, 1.82) is 0 Å². The predicted octanol–water partition coefficient (Wildman–Crippen LogP) is 8.08. The van der Waals surface area contributed by atoms with Crippen molar-refractivity contribution in [3.63, 3.8) is 0 Å². The molecule has 0 radical (unpaired) electrons. The second-order valence-corrected chi connectivity index (χ2v) is 9.38. The lowest BCUT2D eigenvalue weighted by atomic mass is 9.77. The first-order valence-electron chi connectivity index (χ1n) is 11.4. The normalized spacial score (nSPS) is 23.2. The van der Waals surface area contributed by atoms with Crippen molar-refractivity contribution in [2.24, 2.45) is 0 Å². The third kappa shape index (κ3) is 2.98. The van der Waals surface area contributed by atoms with Gasteiger partial charge in [0.05, 0.1) is 11.2 Å². The van der Waals surface area contributed by atoms with Gasteiger partial charge < -0.3 is 9.64 Å². The number of ether oxygens (including phenoxy) is 1. The van der Waals surface area contributed by atoms with Crippen LogP contribution in [-0.4, -0.2) is 0 Å². The summed E-state index contributed by atoms with van der Waals surface area (Å²) in [6.45, 7) is 4.48. The minimum absolute atomic E-state index is 0.123. The van der Waals surface area contributed by atoms with Crippen molar-refractivity contribution in [2.75, 3.05) is 4.90 Å². The zero-order chi connectivity index (χ0) is 21.8. The third-order valence-corrected chi connectivity index (χ3v) is 7.16. The first kappa shape index (κ1) is 19.3. The molecule has 0 amide bonds. The van der Waals surface area contributed by atoms with Gasteiger partial charge in [-0.3, -0.25) is 0 Å². The van der Waals surface area contributed by atoms with E-state index in [1.165, 1.54) is 22.3 Å². The van der Waals surface area contributed by atoms with Gasteiger partial charge in [-0.25, -0.2) is 0 Å². The Bertz CT molecular complexity index is 1240. The highest BCUT2D eigenvalue weighted by molar-refractivity contribution is 5.80. The Balaban J connectivity index is 1.45. The maximum absolute atomic E-state index is 6.48. The summed E-state index contributed by atoms with van der Waals surface area (Å²) in [5, 5.41) is 0. The van der Waals surface area contributed by atoms with E-state index in [9.17, 15) is 0 Å². The van der Waals surface area contributed by atoms with Crippen LogP contribution in [0.25, 0.3) is 11.1 Å². The van der Waals surface area contributed by atoms with Crippen LogP contribution in [0, 0.1) is 0 Å². The van der Waals surface area contributed by atoms with Gasteiger partial charge in [-0.2, -0.15) is 0 Å². The van der Waals surface area contributed by atoms with E-state index in [-0.39, 0.29) is 11.2 Å². The van der Waals surface area contributed by atoms with Crippen LogP contribution in [0.5, 0.6) is 0 Å². The van der Waals surface area contributed by atoms with Crippen LogP contribution in [0.1, 0.15) is 37.8 Å². The maximum Gasteiger partial charge on any atom is 0.0920 e. The lowest BCUT2D eigenvalue weighted by Crippen LogP contribution is -2.17. The second kappa shape index (κ2) is 7.08. The molecule has 0 saturated carbocycles. The molecule has 4 aromatic carbocycles. The minimum Gasteiger partial charge on any atom is -0.360 e. The zero-order valence-corrected chi connectivity index (χ0v) is 18.6. The van der Waals surface area contributed by atoms with E-state index in [2.05, 4.69) is 122 Å². The summed E-state index contributed by atoms with van der Waals surface area (Å²) in [6.07, 6.45) is 2.20. The molecule has 2 heterocycles. The number of nitrogens with zero attached hydrogens (tertiary/aromatic N) is 1. The fourth-order valence-electron chi connectivity index (χ4n) is 5.50. The number of hydrogen-bond acceptors (Lipinski definition) is 2. The number of fused-ring (bicyclic) bond motifs is 5. The standard InChI is InChI=1S/C30H27NO/c1-29-18-19-30(2,32-29)28-21-23(16-17-27(28)29)22-10-9-15-26(20-22)31(24-11-5-3-6-12-24)25-13-7-4-8-14-25/h3-17,20-21H,18-19H2,1-2H3. The molecule has 2 bridgehead atoms. The number of para-hydroxylation sites is 2. The van der Waals surface area contributed by atoms with Crippen LogP contribution in [0.3, 0.4) is 0 Å². The Morgan fingerprint density at radius 1 is 0.562 bits per heavy atom. The molecule has 1 fully saturated rings. The van der Waals surface area contributed by atoms with Gasteiger partial charge in [-0.05, 0) is 91.4 Å². The van der Waals surface area contributed by atoms with Gasteiger partial charge in [0.1, 0.15) is 0 Å². The van der Waals surface area contributed by atoms with Gasteiger partial charge in [-0.15, -0.1) is 0 Å². The lowest BCUT2D eigenvalue weighted by molar-refractivity contribution is -0.0662. The Morgan fingerprint density at radius 2 is 1.12 bits per heavy atom. The van der Waals surface area contributed by atoms with Crippen LogP contribution in [0.2, 0.25) is 0 Å². The first-order valence-corrected chi connectivity index (χ1v) is 11.4. The summed E-state index contributed by atoms with van der Waals surface area (Å²) >= 11 is 0. The molecule has 32 heavy (non-hydrogen) atoms. The number of benzene rings is 4. The van der Waals surface area contributed by atoms with Crippen LogP contribution in [-0.2, 0) is 15.9 Å². The highest BCUT2D eigenvalue weighted by Gasteiger charge is 2.54. The van der Waals surface area contributed by atoms with E-state index in [4.69, 9.17) is 4.74 Å². The smallest absolute Gasteiger partial charge is 0.0920 e. The molecule has 0 aromatic heterocycles. The molecule has 4 aromatic rings. The van der Waals surface area contributed by atoms with Crippen LogP contribution >= 0.6 is 0 Å². The predicted molar refractivity (Wildman–Crippen MR) is 132 cm³/mol. The monoisotopic (exact) mass is 417 g/mol. The molecule has 158 valence electrons. The average molecular weight is 418 g/mol. The Kier molecular flexibility index (Phi) is 4.28. The average Bonchev–Trinajstić information content (AvgIpc) is 3.28. The van der Waals surface area contributed by atoms with Crippen molar-refractivity contribution in [2.45, 2.75) is 37.9 Å². The SMILES string of the molecule is CC12CCC(C)(O1)c1cc(-c3cccc(N(c4ccccc4)c4ccccc4)c3)ccc12. The third-order valence-electron chi connectivity index (χ3n) is 7.16. The van der Waals surface area contributed by atoms with Crippen molar-refractivity contribution in [3.05, 3.63) is 114 Å². The summed E-state index contributed by atoms with van der Waals surface area (Å²) in [7, 11) is 0. The van der Waals surface area contributed by atoms with E-state index in [1.54, 1.807) is 0 Å². The fourth-order valence-corrected chi connectivity index (χ4v) is 5.50. The second-order valence-electron chi connectivity index (χ2n) is 9.38. The Hall–Kier alpha value is -3.36. The summed E-state index contributed by atoms with van der Waals surface area (Å²) in [5.41, 5.74) is 8.35. The zero-order valence-electron chi connectivity index (χ0n) is 18.6. The van der Waals surface area contributed by atoms with Gasteiger partial charge in [0.25, 0.3) is 0 Å². The molecule has 0 aliphatic carbocycles. The molecule has 6 rings (SSSR count). The quantitative estimate of drug-likeness (QED) is 0.333. The van der Waals surface area contributed by atoms with E-state index in [1.807, 2.05) is 0 Å². The Labute approximate surface area is 190 Å². The van der Waals surface area contributed by atoms with Crippen molar-refractivity contribution >= 4 is 17.1 Å². The molecule has 0 N–H and O–H groups in total. The molecule has 2 nitrogen and oxygen atoms in total. The van der Waals surface area contributed by atoms with E-state index >= 15 is 0 Å². The number of anilines is 3. The summed E-state index contributed by atoms with van der Waals surface area (Å²) in [4.78, 5) is 2.31. The summed E-state index contributed by atoms with van der Waals surface area (Å²) in [5.74, 6) is 0. The lowest BCUT2D eigenvalue weighted by Gasteiger charge is -2.26. The molecule has 2 heteroatoms. The maximum atomic E-state index is 6.48. The number of hydrogen-bond donors (Lipinski definition) is 0. The van der Waals surface area contributed by atoms with Crippen LogP contribution < -0.4 is 4.90 Å². The van der Waals surface area contributed by atoms with Crippen LogP contribution in [0.4, 0.5) is 17.1 Å². The molecule has 2 unspecified atom stereocenters. The van der Waals surface area contributed by atoms with E-state index < -0.39 is 0 Å². The summed E-state index contributed by atoms with van der Waals surface area (Å²) in [6, 6.07) is 36.8. The van der Waals surface area contributed by atoms with Crippen molar-refractivity contribution in [1.82, 2.24) is 0 Å². The fraction of sp³-hybridized carbons (Fsp3) is 0.200. The molecule has 2 atom stereocenters. The molecule has 1 saturated heterocycles. The molecular weight excluding hydrogens is 390 g/mol. The highest BCUT2D eigenvalue weighted by Crippen LogP contribution is 2.58. The Morgan fingerprint density at radius 3 is 1.78 bits per heavy atom. The van der Waals surface area contributed by atoms with Gasteiger partial charge in [0.2, 0.25) is 0 Å². The summed E-state index contributed by atoms with van der Waals surface area (Å²) < 4.78 is 6.48. The minimum atomic E-state index is -0.155. The van der Waals surface area contributed by atoms with Crippen LogP contribution in [0.15, 0.2) is 103 Å². The molecule has 2 aliphatic rings. The van der Waals surface area contributed by atoms with E-state index in [0.29, 0.717) is 0 Å². The van der Waals surface area contributed by atoms with Crippen molar-refractivity contribution in [3.8, 4) is 11.1 Å². The topological polar surface area (TPSA) is 12.5 Å². The molecule has 2 aliphatic heterocycles. The number of rotatable bonds is 4. The van der Waals surface area contributed by atoms with Gasteiger partial charge in [-0.1, -0.05) is 60.7 Å². The van der Waals surface area contributed by atoms with E-state index in [0.717, 1.165) is 29.9 Å². The van der Waals surface area contributed by atoms with Gasteiger partial charge >= 0.3 is 0 Å². The van der Waals surface area contributed by atoms with Gasteiger partial charge in [0, 0.05) is 17.1 Å². The molecule has 0 spiro atoms. The largest absolute Gasteiger partial charge is 0.360 e. The van der Waals surface area contributed by atoms with Crippen molar-refractivity contribution < 1.29 is 4.74 Å². The van der Waals surface area contributed by atoms with Gasteiger partial charge in [0.15, 0.2) is 0 Å².